The van der Waals surface area contributed by atoms with Gasteiger partial charge in [0.15, 0.2) is 0 Å². The Morgan fingerprint density at radius 3 is 2.65 bits per heavy atom. The number of methoxy groups -OCH3 is 1. The van der Waals surface area contributed by atoms with E-state index in [0.717, 1.165) is 27.9 Å². The number of nitrogens with one attached hydrogen (secondary N) is 2. The van der Waals surface area contributed by atoms with Crippen molar-refractivity contribution >= 4 is 34.1 Å². The number of benzene rings is 2. The average Bonchev–Trinajstić information content (AvgIpc) is 3.22. The Bertz CT molecular complexity index is 1520. The Morgan fingerprint density at radius 2 is 1.92 bits per heavy atom. The van der Waals surface area contributed by atoms with Gasteiger partial charge in [0.2, 0.25) is 5.95 Å². The number of hydrogen-bond donors (Lipinski definition) is 2. The topological polar surface area (TPSA) is 90.3 Å². The zero-order valence-corrected chi connectivity index (χ0v) is 21.3. The van der Waals surface area contributed by atoms with E-state index in [9.17, 15) is 4.79 Å². The van der Waals surface area contributed by atoms with E-state index in [1.807, 2.05) is 73.2 Å². The Labute approximate surface area is 216 Å². The van der Waals surface area contributed by atoms with Gasteiger partial charge in [0.1, 0.15) is 22.9 Å². The summed E-state index contributed by atoms with van der Waals surface area (Å²) in [5.41, 5.74) is 4.79. The van der Waals surface area contributed by atoms with Crippen molar-refractivity contribution in [1.82, 2.24) is 19.9 Å². The summed E-state index contributed by atoms with van der Waals surface area (Å²) in [6, 6.07) is 14.9. The molecule has 37 heavy (non-hydrogen) atoms. The highest BCUT2D eigenvalue weighted by Gasteiger charge is 2.14. The molecule has 2 aromatic carbocycles. The first kappa shape index (κ1) is 25.2. The number of amides is 1. The maximum atomic E-state index is 11.9. The summed E-state index contributed by atoms with van der Waals surface area (Å²) in [5, 5.41) is 5.97. The van der Waals surface area contributed by atoms with E-state index in [-0.39, 0.29) is 11.6 Å². The van der Waals surface area contributed by atoms with Crippen molar-refractivity contribution in [3.63, 3.8) is 0 Å². The van der Waals surface area contributed by atoms with Crippen molar-refractivity contribution in [2.45, 2.75) is 6.92 Å². The summed E-state index contributed by atoms with van der Waals surface area (Å²) in [6.07, 6.45) is 9.29. The summed E-state index contributed by atoms with van der Waals surface area (Å²) in [4.78, 5) is 20.7. The van der Waals surface area contributed by atoms with Gasteiger partial charge in [-0.05, 0) is 48.4 Å². The molecule has 0 fully saturated rings. The Kier molecular flexibility index (Phi) is 7.68. The minimum absolute atomic E-state index is 0.279. The SMILES string of the molecule is C=C/C=C(\C=C/C)c1ccc(OC)c(Nc2nc3cc(Oc4ccnc(C(=O)NC)c4)ccc3n2C)c1. The van der Waals surface area contributed by atoms with Crippen LogP contribution >= 0.6 is 0 Å². The molecule has 4 aromatic rings. The van der Waals surface area contributed by atoms with Crippen LogP contribution in [0.2, 0.25) is 0 Å². The predicted octanol–water partition coefficient (Wildman–Crippen LogP) is 6.02. The fourth-order valence-electron chi connectivity index (χ4n) is 3.88. The zero-order chi connectivity index (χ0) is 26.4. The number of ether oxygens (including phenoxy) is 2. The summed E-state index contributed by atoms with van der Waals surface area (Å²) in [6.45, 7) is 5.80. The fourth-order valence-corrected chi connectivity index (χ4v) is 3.88. The van der Waals surface area contributed by atoms with Crippen molar-refractivity contribution in [2.75, 3.05) is 19.5 Å². The first-order chi connectivity index (χ1) is 18.0. The molecule has 0 bridgehead atoms. The predicted molar refractivity (Wildman–Crippen MR) is 148 cm³/mol. The fraction of sp³-hybridized carbons (Fsp3) is 0.138. The number of aryl methyl sites for hydroxylation is 1. The molecule has 0 aliphatic heterocycles. The number of anilines is 2. The molecule has 0 unspecified atom stereocenters. The number of nitrogens with zero attached hydrogens (tertiary/aromatic N) is 3. The highest BCUT2D eigenvalue weighted by molar-refractivity contribution is 5.92. The molecule has 0 spiro atoms. The van der Waals surface area contributed by atoms with Gasteiger partial charge in [-0.3, -0.25) is 9.78 Å². The number of rotatable bonds is 9. The molecule has 1 amide bonds. The van der Waals surface area contributed by atoms with Crippen molar-refractivity contribution in [1.29, 1.82) is 0 Å². The molecule has 2 aromatic heterocycles. The maximum Gasteiger partial charge on any atom is 0.269 e. The van der Waals surface area contributed by atoms with Gasteiger partial charge < -0.3 is 24.7 Å². The quantitative estimate of drug-likeness (QED) is 0.276. The van der Waals surface area contributed by atoms with E-state index in [4.69, 9.17) is 14.5 Å². The van der Waals surface area contributed by atoms with E-state index in [0.29, 0.717) is 23.2 Å². The number of imidazole rings is 1. The molecule has 188 valence electrons. The monoisotopic (exact) mass is 495 g/mol. The number of aromatic nitrogens is 3. The Morgan fingerprint density at radius 1 is 1.11 bits per heavy atom. The molecular formula is C29H29N5O3. The summed E-state index contributed by atoms with van der Waals surface area (Å²) in [7, 11) is 5.14. The molecule has 0 saturated heterocycles. The minimum atomic E-state index is -0.279. The lowest BCUT2D eigenvalue weighted by Gasteiger charge is -2.13. The van der Waals surface area contributed by atoms with Crippen LogP contribution in [0.4, 0.5) is 11.6 Å². The largest absolute Gasteiger partial charge is 0.495 e. The minimum Gasteiger partial charge on any atom is -0.495 e. The van der Waals surface area contributed by atoms with Gasteiger partial charge in [-0.2, -0.15) is 0 Å². The van der Waals surface area contributed by atoms with Crippen molar-refractivity contribution in [3.05, 3.63) is 96.9 Å². The molecule has 2 heterocycles. The number of fused-ring (bicyclic) bond motifs is 1. The number of hydrogen-bond acceptors (Lipinski definition) is 6. The van der Waals surface area contributed by atoms with E-state index < -0.39 is 0 Å². The molecule has 0 aliphatic rings. The third-order valence-electron chi connectivity index (χ3n) is 5.70. The third-order valence-corrected chi connectivity index (χ3v) is 5.70. The molecule has 0 radical (unpaired) electrons. The standard InChI is InChI=1S/C29H29N5O3/c1-6-8-19(9-7-2)20-10-13-27(36-5)24(16-20)33-29-32-23-17-21(11-12-26(23)34(29)4)37-22-14-15-31-25(18-22)28(35)30-3/h6-18H,1H2,2-5H3,(H,30,35)(H,32,33)/b9-7-,19-8+. The van der Waals surface area contributed by atoms with Crippen LogP contribution in [0.15, 0.2) is 85.6 Å². The van der Waals surface area contributed by atoms with Crippen LogP contribution in [0.25, 0.3) is 16.6 Å². The van der Waals surface area contributed by atoms with Crippen molar-refractivity contribution in [3.8, 4) is 17.2 Å². The number of pyridine rings is 1. The van der Waals surface area contributed by atoms with Crippen molar-refractivity contribution < 1.29 is 14.3 Å². The first-order valence-corrected chi connectivity index (χ1v) is 11.7. The number of carbonyl (C=O) groups excluding carboxylic acids is 1. The van der Waals surface area contributed by atoms with Gasteiger partial charge in [-0.1, -0.05) is 36.9 Å². The van der Waals surface area contributed by atoms with Gasteiger partial charge in [0.05, 0.1) is 23.8 Å². The lowest BCUT2D eigenvalue weighted by Crippen LogP contribution is -2.18. The van der Waals surface area contributed by atoms with Gasteiger partial charge in [0.25, 0.3) is 5.91 Å². The zero-order valence-electron chi connectivity index (χ0n) is 21.3. The van der Waals surface area contributed by atoms with Crippen LogP contribution < -0.4 is 20.1 Å². The van der Waals surface area contributed by atoms with E-state index in [1.165, 1.54) is 6.20 Å². The van der Waals surface area contributed by atoms with Crippen LogP contribution in [0.5, 0.6) is 17.2 Å². The lowest BCUT2D eigenvalue weighted by atomic mass is 10.0. The van der Waals surface area contributed by atoms with Crippen molar-refractivity contribution in [2.24, 2.45) is 7.05 Å². The van der Waals surface area contributed by atoms with E-state index in [2.05, 4.69) is 22.2 Å². The van der Waals surface area contributed by atoms with Crippen LogP contribution in [0.1, 0.15) is 23.0 Å². The second-order valence-electron chi connectivity index (χ2n) is 8.10. The first-order valence-electron chi connectivity index (χ1n) is 11.7. The van der Waals surface area contributed by atoms with Crippen LogP contribution in [-0.4, -0.2) is 34.6 Å². The molecule has 4 rings (SSSR count). The van der Waals surface area contributed by atoms with Gasteiger partial charge in [-0.15, -0.1) is 0 Å². The maximum absolute atomic E-state index is 11.9. The highest BCUT2D eigenvalue weighted by atomic mass is 16.5. The number of carbonyl (C=O) groups is 1. The van der Waals surface area contributed by atoms with E-state index in [1.54, 1.807) is 32.4 Å². The summed E-state index contributed by atoms with van der Waals surface area (Å²) in [5.74, 6) is 2.17. The molecule has 0 saturated carbocycles. The highest BCUT2D eigenvalue weighted by Crippen LogP contribution is 2.33. The lowest BCUT2D eigenvalue weighted by molar-refractivity contribution is 0.0958. The normalized spacial score (nSPS) is 11.5. The van der Waals surface area contributed by atoms with Gasteiger partial charge in [-0.25, -0.2) is 4.98 Å². The second kappa shape index (κ2) is 11.3. The number of allylic oxidation sites excluding steroid dienone is 5. The molecule has 8 nitrogen and oxygen atoms in total. The van der Waals surface area contributed by atoms with Crippen LogP contribution in [0.3, 0.4) is 0 Å². The molecule has 8 heteroatoms. The molecular weight excluding hydrogens is 466 g/mol. The van der Waals surface area contributed by atoms with Gasteiger partial charge >= 0.3 is 0 Å². The Hall–Kier alpha value is -4.85. The summed E-state index contributed by atoms with van der Waals surface area (Å²) >= 11 is 0. The third kappa shape index (κ3) is 5.54. The molecule has 0 aliphatic carbocycles. The summed E-state index contributed by atoms with van der Waals surface area (Å²) < 4.78 is 13.5. The molecule has 2 N–H and O–H groups in total. The second-order valence-corrected chi connectivity index (χ2v) is 8.10. The van der Waals surface area contributed by atoms with Crippen LogP contribution in [0, 0.1) is 0 Å². The average molecular weight is 496 g/mol. The molecule has 0 atom stereocenters. The Balaban J connectivity index is 1.65. The van der Waals surface area contributed by atoms with Crippen LogP contribution in [-0.2, 0) is 7.05 Å². The smallest absolute Gasteiger partial charge is 0.269 e. The van der Waals surface area contributed by atoms with E-state index >= 15 is 0 Å². The van der Waals surface area contributed by atoms with Gasteiger partial charge in [0, 0.05) is 32.4 Å².